The van der Waals surface area contributed by atoms with Crippen LogP contribution >= 0.6 is 12.2 Å². The van der Waals surface area contributed by atoms with E-state index in [1.165, 1.54) is 31.9 Å². The Morgan fingerprint density at radius 3 is 2.65 bits per heavy atom. The number of nitrogens with zero attached hydrogens (tertiary/aromatic N) is 2. The molecule has 0 amide bonds. The second-order valence-electron chi connectivity index (χ2n) is 5.70. The molecule has 7 heteroatoms. The highest BCUT2D eigenvalue weighted by atomic mass is 32.1. The first-order valence-corrected chi connectivity index (χ1v) is 8.59. The first kappa shape index (κ1) is 17.6. The van der Waals surface area contributed by atoms with Gasteiger partial charge in [0.2, 0.25) is 5.95 Å². The first-order valence-electron chi connectivity index (χ1n) is 8.18. The summed E-state index contributed by atoms with van der Waals surface area (Å²) in [6.07, 6.45) is 8.84. The molecular weight excluding hydrogens is 312 g/mol. The number of aryl methyl sites for hydroxylation is 1. The molecule has 0 bridgehead atoms. The summed E-state index contributed by atoms with van der Waals surface area (Å²) in [4.78, 5) is 20.2. The molecule has 1 heterocycles. The smallest absolute Gasteiger partial charge is 0.341 e. The molecule has 1 aliphatic rings. The van der Waals surface area contributed by atoms with Gasteiger partial charge in [-0.3, -0.25) is 0 Å². The van der Waals surface area contributed by atoms with Crippen molar-refractivity contribution in [1.82, 2.24) is 15.3 Å². The van der Waals surface area contributed by atoms with Crippen molar-refractivity contribution < 1.29 is 9.53 Å². The number of esters is 1. The zero-order chi connectivity index (χ0) is 16.7. The Morgan fingerprint density at radius 1 is 1.35 bits per heavy atom. The Hall–Kier alpha value is -1.76. The summed E-state index contributed by atoms with van der Waals surface area (Å²) in [6, 6.07) is 0.414. The fraction of sp³-hybridized carbons (Fsp3) is 0.625. The standard InChI is InChI=1S/C16H24N4O2S/c1-3-22-14(21)13-10-17-15(18-11(13)2)20-16(23)19-12-8-6-4-5-7-9-12/h10,12H,3-9H2,1-2H3,(H2,17,18,19,20,23). The highest BCUT2D eigenvalue weighted by molar-refractivity contribution is 7.80. The fourth-order valence-electron chi connectivity index (χ4n) is 2.68. The van der Waals surface area contributed by atoms with E-state index >= 15 is 0 Å². The number of carbonyl (C=O) groups excluding carboxylic acids is 1. The van der Waals surface area contributed by atoms with Crippen LogP contribution in [0.4, 0.5) is 5.95 Å². The molecule has 1 saturated carbocycles. The van der Waals surface area contributed by atoms with Crippen molar-refractivity contribution in [2.24, 2.45) is 0 Å². The molecule has 126 valence electrons. The van der Waals surface area contributed by atoms with Gasteiger partial charge in [-0.25, -0.2) is 14.8 Å². The van der Waals surface area contributed by atoms with Gasteiger partial charge in [-0.05, 0) is 38.9 Å². The maximum atomic E-state index is 11.7. The van der Waals surface area contributed by atoms with Crippen molar-refractivity contribution in [2.45, 2.75) is 58.4 Å². The number of nitrogens with one attached hydrogen (secondary N) is 2. The van der Waals surface area contributed by atoms with E-state index in [9.17, 15) is 4.79 Å². The highest BCUT2D eigenvalue weighted by Gasteiger charge is 2.15. The molecule has 2 N–H and O–H groups in total. The predicted octanol–water partition coefficient (Wildman–Crippen LogP) is 2.97. The molecule has 0 saturated heterocycles. The number of carbonyl (C=O) groups is 1. The third-order valence-corrected chi connectivity index (χ3v) is 4.11. The Labute approximate surface area is 142 Å². The number of hydrogen-bond acceptors (Lipinski definition) is 5. The van der Waals surface area contributed by atoms with Crippen molar-refractivity contribution in [3.8, 4) is 0 Å². The molecule has 0 unspecified atom stereocenters. The summed E-state index contributed by atoms with van der Waals surface area (Å²) in [5.74, 6) is -0.0163. The molecule has 1 fully saturated rings. The van der Waals surface area contributed by atoms with Crippen LogP contribution in [-0.4, -0.2) is 33.7 Å². The summed E-state index contributed by atoms with van der Waals surface area (Å²) in [5.41, 5.74) is 0.943. The molecular formula is C16H24N4O2S. The van der Waals surface area contributed by atoms with Crippen molar-refractivity contribution in [3.05, 3.63) is 17.5 Å². The van der Waals surface area contributed by atoms with Gasteiger partial charge in [-0.15, -0.1) is 0 Å². The summed E-state index contributed by atoms with van der Waals surface area (Å²) < 4.78 is 4.96. The van der Waals surface area contributed by atoms with Crippen molar-refractivity contribution in [2.75, 3.05) is 11.9 Å². The van der Waals surface area contributed by atoms with Crippen LogP contribution in [0.15, 0.2) is 6.20 Å². The van der Waals surface area contributed by atoms with Gasteiger partial charge in [0.05, 0.1) is 17.9 Å². The number of anilines is 1. The molecule has 1 aliphatic carbocycles. The summed E-state index contributed by atoms with van der Waals surface area (Å²) >= 11 is 5.34. The van der Waals surface area contributed by atoms with Crippen LogP contribution in [0.2, 0.25) is 0 Å². The molecule has 0 radical (unpaired) electrons. The van der Waals surface area contributed by atoms with Crippen LogP contribution < -0.4 is 10.6 Å². The molecule has 0 aliphatic heterocycles. The minimum atomic E-state index is -0.407. The lowest BCUT2D eigenvalue weighted by molar-refractivity contribution is 0.0524. The third kappa shape index (κ3) is 5.42. The summed E-state index contributed by atoms with van der Waals surface area (Å²) in [5, 5.41) is 6.86. The lowest BCUT2D eigenvalue weighted by Crippen LogP contribution is -2.37. The van der Waals surface area contributed by atoms with Crippen LogP contribution in [0, 0.1) is 6.92 Å². The maximum absolute atomic E-state index is 11.7. The zero-order valence-corrected chi connectivity index (χ0v) is 14.5. The predicted molar refractivity (Wildman–Crippen MR) is 93.6 cm³/mol. The summed E-state index contributed by atoms with van der Waals surface area (Å²) in [7, 11) is 0. The minimum absolute atomic E-state index is 0.327. The first-order chi connectivity index (χ1) is 11.1. The van der Waals surface area contributed by atoms with Gasteiger partial charge in [0.1, 0.15) is 0 Å². The van der Waals surface area contributed by atoms with E-state index in [-0.39, 0.29) is 0 Å². The lowest BCUT2D eigenvalue weighted by atomic mass is 10.1. The van der Waals surface area contributed by atoms with E-state index in [1.807, 2.05) is 0 Å². The molecule has 0 aromatic carbocycles. The van der Waals surface area contributed by atoms with E-state index in [0.717, 1.165) is 12.8 Å². The number of aromatic nitrogens is 2. The van der Waals surface area contributed by atoms with Crippen molar-refractivity contribution >= 4 is 29.2 Å². The van der Waals surface area contributed by atoms with Crippen LogP contribution in [-0.2, 0) is 4.74 Å². The summed E-state index contributed by atoms with van der Waals surface area (Å²) in [6.45, 7) is 3.84. The quantitative estimate of drug-likeness (QED) is 0.497. The Kier molecular flexibility index (Phi) is 6.70. The van der Waals surface area contributed by atoms with Gasteiger partial charge in [0, 0.05) is 12.2 Å². The van der Waals surface area contributed by atoms with E-state index in [0.29, 0.717) is 35.0 Å². The molecule has 23 heavy (non-hydrogen) atoms. The van der Waals surface area contributed by atoms with Crippen LogP contribution in [0.3, 0.4) is 0 Å². The van der Waals surface area contributed by atoms with Gasteiger partial charge < -0.3 is 15.4 Å². The van der Waals surface area contributed by atoms with Crippen molar-refractivity contribution in [1.29, 1.82) is 0 Å². The zero-order valence-electron chi connectivity index (χ0n) is 13.7. The molecule has 6 nitrogen and oxygen atoms in total. The van der Waals surface area contributed by atoms with Crippen molar-refractivity contribution in [3.63, 3.8) is 0 Å². The molecule has 1 aromatic heterocycles. The molecule has 1 aromatic rings. The van der Waals surface area contributed by atoms with Gasteiger partial charge in [0.25, 0.3) is 0 Å². The normalized spacial score (nSPS) is 15.6. The number of rotatable bonds is 4. The van der Waals surface area contributed by atoms with Crippen LogP contribution in [0.1, 0.15) is 61.5 Å². The Morgan fingerprint density at radius 2 is 2.04 bits per heavy atom. The van der Waals surface area contributed by atoms with Crippen LogP contribution in [0.25, 0.3) is 0 Å². The Bertz CT molecular complexity index is 557. The van der Waals surface area contributed by atoms with E-state index in [1.54, 1.807) is 13.8 Å². The monoisotopic (exact) mass is 336 g/mol. The van der Waals surface area contributed by atoms with Gasteiger partial charge in [-0.2, -0.15) is 0 Å². The number of ether oxygens (including phenoxy) is 1. The van der Waals surface area contributed by atoms with E-state index in [2.05, 4.69) is 20.6 Å². The molecule has 0 atom stereocenters. The van der Waals surface area contributed by atoms with Gasteiger partial charge >= 0.3 is 5.97 Å². The maximum Gasteiger partial charge on any atom is 0.341 e. The van der Waals surface area contributed by atoms with Gasteiger partial charge in [0.15, 0.2) is 5.11 Å². The second-order valence-corrected chi connectivity index (χ2v) is 6.11. The molecule has 2 rings (SSSR count). The third-order valence-electron chi connectivity index (χ3n) is 3.89. The largest absolute Gasteiger partial charge is 0.462 e. The van der Waals surface area contributed by atoms with E-state index in [4.69, 9.17) is 17.0 Å². The lowest BCUT2D eigenvalue weighted by Gasteiger charge is -2.18. The Balaban J connectivity index is 1.93. The fourth-order valence-corrected chi connectivity index (χ4v) is 2.94. The van der Waals surface area contributed by atoms with Gasteiger partial charge in [-0.1, -0.05) is 25.7 Å². The average molecular weight is 336 g/mol. The molecule has 0 spiro atoms. The average Bonchev–Trinajstić information content (AvgIpc) is 2.76. The highest BCUT2D eigenvalue weighted by Crippen LogP contribution is 2.17. The second kappa shape index (κ2) is 8.76. The minimum Gasteiger partial charge on any atom is -0.462 e. The SMILES string of the molecule is CCOC(=O)c1cnc(NC(=S)NC2CCCCCC2)nc1C. The number of hydrogen-bond donors (Lipinski definition) is 2. The topological polar surface area (TPSA) is 76.1 Å². The number of thiocarbonyl (C=S) groups is 1. The van der Waals surface area contributed by atoms with Crippen LogP contribution in [0.5, 0.6) is 0 Å². The van der Waals surface area contributed by atoms with E-state index < -0.39 is 5.97 Å².